The fourth-order valence-corrected chi connectivity index (χ4v) is 9.44. The molecular formula is C46H35BN2S. The lowest BCUT2D eigenvalue weighted by Gasteiger charge is -2.46. The van der Waals surface area contributed by atoms with Crippen LogP contribution in [-0.2, 0) is 5.41 Å². The first kappa shape index (κ1) is 29.4. The molecule has 0 aliphatic carbocycles. The summed E-state index contributed by atoms with van der Waals surface area (Å²) in [7, 11) is 0. The summed E-state index contributed by atoms with van der Waals surface area (Å²) in [6.07, 6.45) is 0. The minimum absolute atomic E-state index is 0.00244. The lowest BCUT2D eigenvalue weighted by Crippen LogP contribution is -2.61. The third-order valence-electron chi connectivity index (χ3n) is 10.6. The zero-order valence-electron chi connectivity index (χ0n) is 28.4. The lowest BCUT2D eigenvalue weighted by molar-refractivity contribution is 0.590. The van der Waals surface area contributed by atoms with E-state index in [9.17, 15) is 0 Å². The highest BCUT2D eigenvalue weighted by molar-refractivity contribution is 7.26. The van der Waals surface area contributed by atoms with Crippen molar-refractivity contribution in [1.29, 1.82) is 0 Å². The van der Waals surface area contributed by atoms with Gasteiger partial charge in [0.15, 0.2) is 0 Å². The molecule has 10 rings (SSSR count). The molecule has 0 spiro atoms. The van der Waals surface area contributed by atoms with E-state index in [2.05, 4.69) is 188 Å². The number of thiophene rings is 1. The first-order valence-corrected chi connectivity index (χ1v) is 18.3. The van der Waals surface area contributed by atoms with Gasteiger partial charge in [0.25, 0.3) is 0 Å². The van der Waals surface area contributed by atoms with Gasteiger partial charge < -0.3 is 9.71 Å². The Hall–Kier alpha value is -5.58. The Morgan fingerprint density at radius 2 is 1.20 bits per heavy atom. The van der Waals surface area contributed by atoms with Crippen LogP contribution in [0.5, 0.6) is 0 Å². The summed E-state index contributed by atoms with van der Waals surface area (Å²) in [6.45, 7) is 6.86. The Morgan fingerprint density at radius 1 is 0.520 bits per heavy atom. The zero-order chi connectivity index (χ0) is 33.6. The molecular weight excluding hydrogens is 623 g/mol. The van der Waals surface area contributed by atoms with E-state index < -0.39 is 0 Å². The SMILES string of the molecule is CC(C)(C)c1ccc(N2B3c4ccccc4N(c4c(-c5ccccc5)ccc5sc6ccccc6c45)c4cccc(c43)-c3ccccc32)cc1. The quantitative estimate of drug-likeness (QED) is 0.174. The predicted molar refractivity (Wildman–Crippen MR) is 217 cm³/mol. The first-order chi connectivity index (χ1) is 24.5. The minimum Gasteiger partial charge on any atom is -0.376 e. The molecule has 0 radical (unpaired) electrons. The highest BCUT2D eigenvalue weighted by Crippen LogP contribution is 2.52. The molecule has 50 heavy (non-hydrogen) atoms. The van der Waals surface area contributed by atoms with Crippen LogP contribution in [0.3, 0.4) is 0 Å². The number of para-hydroxylation sites is 2. The van der Waals surface area contributed by atoms with E-state index in [4.69, 9.17) is 0 Å². The van der Waals surface area contributed by atoms with Gasteiger partial charge in [0, 0.05) is 54.0 Å². The number of anilines is 5. The largest absolute Gasteiger partial charge is 0.376 e. The predicted octanol–water partition coefficient (Wildman–Crippen LogP) is 11.7. The number of hydrogen-bond acceptors (Lipinski definition) is 3. The fourth-order valence-electron chi connectivity index (χ4n) is 8.33. The second-order valence-electron chi connectivity index (χ2n) is 14.5. The first-order valence-electron chi connectivity index (χ1n) is 17.5. The molecule has 238 valence electrons. The molecule has 7 aromatic carbocycles. The van der Waals surface area contributed by atoms with Crippen molar-refractivity contribution < 1.29 is 0 Å². The highest BCUT2D eigenvalue weighted by Gasteiger charge is 2.45. The van der Waals surface area contributed by atoms with Gasteiger partial charge in [0.1, 0.15) is 0 Å². The Labute approximate surface area is 298 Å². The topological polar surface area (TPSA) is 6.48 Å². The van der Waals surface area contributed by atoms with E-state index in [-0.39, 0.29) is 12.3 Å². The maximum atomic E-state index is 2.59. The van der Waals surface area contributed by atoms with Crippen LogP contribution in [0.15, 0.2) is 158 Å². The van der Waals surface area contributed by atoms with Crippen LogP contribution in [0.25, 0.3) is 42.4 Å². The molecule has 1 aromatic heterocycles. The van der Waals surface area contributed by atoms with Gasteiger partial charge in [-0.1, -0.05) is 136 Å². The monoisotopic (exact) mass is 658 g/mol. The normalized spacial score (nSPS) is 13.4. The van der Waals surface area contributed by atoms with Crippen molar-refractivity contribution >= 4 is 77.7 Å². The summed E-state index contributed by atoms with van der Waals surface area (Å²) in [5.74, 6) is 0. The van der Waals surface area contributed by atoms with Crippen LogP contribution >= 0.6 is 11.3 Å². The number of nitrogens with zero attached hydrogens (tertiary/aromatic N) is 2. The summed E-state index contributed by atoms with van der Waals surface area (Å²) >= 11 is 1.88. The van der Waals surface area contributed by atoms with Gasteiger partial charge in [-0.3, -0.25) is 0 Å². The third kappa shape index (κ3) is 4.28. The molecule has 0 bridgehead atoms. The zero-order valence-corrected chi connectivity index (χ0v) is 29.2. The van der Waals surface area contributed by atoms with Gasteiger partial charge in [0.05, 0.1) is 5.69 Å². The number of fused-ring (bicyclic) bond motifs is 7. The Morgan fingerprint density at radius 3 is 2.02 bits per heavy atom. The van der Waals surface area contributed by atoms with Crippen molar-refractivity contribution in [1.82, 2.24) is 0 Å². The van der Waals surface area contributed by atoms with E-state index in [1.54, 1.807) is 0 Å². The summed E-state index contributed by atoms with van der Waals surface area (Å²) in [5, 5.41) is 2.61. The van der Waals surface area contributed by atoms with E-state index in [1.165, 1.54) is 87.4 Å². The molecule has 0 N–H and O–H groups in total. The maximum absolute atomic E-state index is 2.59. The summed E-state index contributed by atoms with van der Waals surface area (Å²) < 4.78 is 2.61. The van der Waals surface area contributed by atoms with Crippen LogP contribution in [-0.4, -0.2) is 6.85 Å². The second kappa shape index (κ2) is 11.0. The third-order valence-corrected chi connectivity index (χ3v) is 11.8. The van der Waals surface area contributed by atoms with E-state index >= 15 is 0 Å². The van der Waals surface area contributed by atoms with Gasteiger partial charge in [0.2, 0.25) is 0 Å². The van der Waals surface area contributed by atoms with E-state index in [0.29, 0.717) is 0 Å². The molecule has 0 unspecified atom stereocenters. The molecule has 0 amide bonds. The van der Waals surface area contributed by atoms with Crippen LogP contribution in [0, 0.1) is 0 Å². The van der Waals surface area contributed by atoms with Gasteiger partial charge >= 0.3 is 6.85 Å². The molecule has 0 saturated carbocycles. The number of rotatable bonds is 3. The van der Waals surface area contributed by atoms with E-state index in [0.717, 1.165) is 0 Å². The smallest absolute Gasteiger partial charge is 0.333 e. The average Bonchev–Trinajstić information content (AvgIpc) is 3.54. The van der Waals surface area contributed by atoms with Gasteiger partial charge in [-0.05, 0) is 75.5 Å². The van der Waals surface area contributed by atoms with Crippen LogP contribution in [0.2, 0.25) is 0 Å². The second-order valence-corrected chi connectivity index (χ2v) is 15.6. The molecule has 0 atom stereocenters. The fraction of sp³-hybridized carbons (Fsp3) is 0.0870. The van der Waals surface area contributed by atoms with Crippen molar-refractivity contribution in [3.63, 3.8) is 0 Å². The molecule has 2 aliphatic heterocycles. The minimum atomic E-state index is 0.00244. The molecule has 2 aliphatic rings. The number of benzene rings is 7. The van der Waals surface area contributed by atoms with Crippen LogP contribution in [0.1, 0.15) is 26.3 Å². The maximum Gasteiger partial charge on any atom is 0.333 e. The highest BCUT2D eigenvalue weighted by atomic mass is 32.1. The van der Waals surface area contributed by atoms with Gasteiger partial charge in [-0.25, -0.2) is 0 Å². The summed E-state index contributed by atoms with van der Waals surface area (Å²) in [4.78, 5) is 5.17. The van der Waals surface area contributed by atoms with Crippen LogP contribution < -0.4 is 20.6 Å². The van der Waals surface area contributed by atoms with Crippen molar-refractivity contribution in [2.24, 2.45) is 0 Å². The summed E-state index contributed by atoms with van der Waals surface area (Å²) in [5.41, 5.74) is 15.2. The Balaban J connectivity index is 1.31. The number of hydrogen-bond donors (Lipinski definition) is 0. The Kier molecular flexibility index (Phi) is 6.44. The lowest BCUT2D eigenvalue weighted by atomic mass is 9.43. The summed E-state index contributed by atoms with van der Waals surface area (Å²) in [6, 6.07) is 58.7. The molecule has 3 heterocycles. The Bertz CT molecular complexity index is 2600. The van der Waals surface area contributed by atoms with Crippen LogP contribution in [0.4, 0.5) is 28.4 Å². The molecule has 2 nitrogen and oxygen atoms in total. The van der Waals surface area contributed by atoms with Crippen molar-refractivity contribution in [3.05, 3.63) is 163 Å². The van der Waals surface area contributed by atoms with Crippen molar-refractivity contribution in [2.75, 3.05) is 9.71 Å². The molecule has 8 aromatic rings. The molecule has 4 heteroatoms. The van der Waals surface area contributed by atoms with E-state index in [1.807, 2.05) is 11.3 Å². The average molecular weight is 659 g/mol. The molecule has 0 fully saturated rings. The molecule has 0 saturated heterocycles. The van der Waals surface area contributed by atoms with Gasteiger partial charge in [-0.2, -0.15) is 0 Å². The standard InChI is InChI=1S/C46H35BN2S/c1-46(2,3)31-24-26-32(27-25-31)49-38-20-10-7-16-34(38)35-18-13-22-40-44(35)47(49)37-19-9-11-21-39(37)48(40)45-33(30-14-5-4-6-15-30)28-29-42-43(45)36-17-8-12-23-41(36)50-42/h4-29H,1-3H3. The van der Waals surface area contributed by atoms with Crippen molar-refractivity contribution in [3.8, 4) is 22.3 Å². The van der Waals surface area contributed by atoms with Crippen molar-refractivity contribution in [2.45, 2.75) is 26.2 Å². The van der Waals surface area contributed by atoms with Gasteiger partial charge in [-0.15, -0.1) is 11.3 Å².